The summed E-state index contributed by atoms with van der Waals surface area (Å²) in [6.07, 6.45) is 0. The molecule has 6 nitrogen and oxygen atoms in total. The standard InChI is InChI=1S/C16H17N3O3/c1-9-7-14(20)19-16(17-9)15(10(2)18-19)11-5-6-12(21-3)13(8-11)22-4/h5-8,20H,1-4H3. The lowest BCUT2D eigenvalue weighted by Gasteiger charge is -2.09. The van der Waals surface area contributed by atoms with Gasteiger partial charge in [0.2, 0.25) is 5.88 Å². The maximum Gasteiger partial charge on any atom is 0.215 e. The highest BCUT2D eigenvalue weighted by atomic mass is 16.5. The lowest BCUT2D eigenvalue weighted by molar-refractivity contribution is 0.355. The summed E-state index contributed by atoms with van der Waals surface area (Å²) in [5.41, 5.74) is 3.89. The van der Waals surface area contributed by atoms with Gasteiger partial charge in [0, 0.05) is 17.3 Å². The van der Waals surface area contributed by atoms with Gasteiger partial charge in [0.05, 0.1) is 19.9 Å². The van der Waals surface area contributed by atoms with Crippen molar-refractivity contribution in [3.8, 4) is 28.5 Å². The molecule has 0 bridgehead atoms. The Hall–Kier alpha value is -2.76. The summed E-state index contributed by atoms with van der Waals surface area (Å²) in [7, 11) is 3.19. The number of aromatic hydroxyl groups is 1. The first kappa shape index (κ1) is 14.2. The van der Waals surface area contributed by atoms with E-state index in [1.807, 2.05) is 32.0 Å². The molecule has 0 atom stereocenters. The van der Waals surface area contributed by atoms with Crippen LogP contribution in [0.4, 0.5) is 0 Å². The average molecular weight is 299 g/mol. The Morgan fingerprint density at radius 1 is 1.05 bits per heavy atom. The van der Waals surface area contributed by atoms with Gasteiger partial charge in [0.15, 0.2) is 17.1 Å². The van der Waals surface area contributed by atoms with Gasteiger partial charge in [0.1, 0.15) is 0 Å². The minimum absolute atomic E-state index is 0.0670. The fourth-order valence-corrected chi connectivity index (χ4v) is 2.56. The van der Waals surface area contributed by atoms with Crippen molar-refractivity contribution >= 4 is 5.65 Å². The number of rotatable bonds is 3. The highest BCUT2D eigenvalue weighted by Crippen LogP contribution is 2.35. The monoisotopic (exact) mass is 299 g/mol. The number of nitrogens with zero attached hydrogens (tertiary/aromatic N) is 3. The molecule has 1 aromatic carbocycles. The van der Waals surface area contributed by atoms with E-state index in [0.717, 1.165) is 22.5 Å². The van der Waals surface area contributed by atoms with Gasteiger partial charge in [-0.25, -0.2) is 4.98 Å². The summed E-state index contributed by atoms with van der Waals surface area (Å²) < 4.78 is 12.1. The van der Waals surface area contributed by atoms with Crippen molar-refractivity contribution in [1.82, 2.24) is 14.6 Å². The number of aromatic nitrogens is 3. The molecule has 0 aliphatic rings. The molecule has 6 heteroatoms. The van der Waals surface area contributed by atoms with Crippen LogP contribution in [0.15, 0.2) is 24.3 Å². The van der Waals surface area contributed by atoms with Crippen LogP contribution in [0.2, 0.25) is 0 Å². The normalized spacial score (nSPS) is 10.9. The SMILES string of the molecule is COc1ccc(-c2c(C)nn3c(O)cc(C)nc23)cc1OC. The number of fused-ring (bicyclic) bond motifs is 1. The molecule has 0 aliphatic carbocycles. The predicted molar refractivity (Wildman–Crippen MR) is 82.7 cm³/mol. The second kappa shape index (κ2) is 5.22. The summed E-state index contributed by atoms with van der Waals surface area (Å²) in [4.78, 5) is 4.50. The molecule has 0 aliphatic heterocycles. The summed E-state index contributed by atoms with van der Waals surface area (Å²) >= 11 is 0. The van der Waals surface area contributed by atoms with Crippen LogP contribution < -0.4 is 9.47 Å². The van der Waals surface area contributed by atoms with Crippen molar-refractivity contribution in [2.75, 3.05) is 14.2 Å². The molecular formula is C16H17N3O3. The molecule has 0 saturated carbocycles. The third kappa shape index (κ3) is 2.13. The van der Waals surface area contributed by atoms with E-state index in [0.29, 0.717) is 17.1 Å². The molecule has 0 fully saturated rings. The van der Waals surface area contributed by atoms with Gasteiger partial charge in [-0.15, -0.1) is 0 Å². The van der Waals surface area contributed by atoms with Crippen LogP contribution in [0.1, 0.15) is 11.4 Å². The molecular weight excluding hydrogens is 282 g/mol. The third-order valence-corrected chi connectivity index (χ3v) is 3.55. The topological polar surface area (TPSA) is 68.9 Å². The number of ether oxygens (including phenoxy) is 2. The van der Waals surface area contributed by atoms with Crippen LogP contribution in [0.5, 0.6) is 17.4 Å². The molecule has 0 radical (unpaired) electrons. The van der Waals surface area contributed by atoms with Crippen LogP contribution in [0, 0.1) is 13.8 Å². The second-order valence-corrected chi connectivity index (χ2v) is 5.02. The van der Waals surface area contributed by atoms with Crippen molar-refractivity contribution in [3.63, 3.8) is 0 Å². The van der Waals surface area contributed by atoms with Gasteiger partial charge in [0.25, 0.3) is 0 Å². The first-order valence-electron chi connectivity index (χ1n) is 6.83. The molecule has 3 rings (SSSR count). The summed E-state index contributed by atoms with van der Waals surface area (Å²) in [6, 6.07) is 7.22. The first-order valence-corrected chi connectivity index (χ1v) is 6.83. The van der Waals surface area contributed by atoms with E-state index in [9.17, 15) is 5.11 Å². The molecule has 22 heavy (non-hydrogen) atoms. The fourth-order valence-electron chi connectivity index (χ4n) is 2.56. The van der Waals surface area contributed by atoms with Crippen molar-refractivity contribution in [2.24, 2.45) is 0 Å². The van der Waals surface area contributed by atoms with E-state index < -0.39 is 0 Å². The van der Waals surface area contributed by atoms with E-state index in [1.54, 1.807) is 20.3 Å². The zero-order valence-electron chi connectivity index (χ0n) is 12.9. The Morgan fingerprint density at radius 3 is 2.45 bits per heavy atom. The maximum absolute atomic E-state index is 10.0. The minimum Gasteiger partial charge on any atom is -0.493 e. The molecule has 0 amide bonds. The van der Waals surface area contributed by atoms with E-state index in [1.165, 1.54) is 4.52 Å². The number of benzene rings is 1. The van der Waals surface area contributed by atoms with Gasteiger partial charge in [-0.2, -0.15) is 9.61 Å². The summed E-state index contributed by atoms with van der Waals surface area (Å²) in [5, 5.41) is 14.4. The Morgan fingerprint density at radius 2 is 1.77 bits per heavy atom. The van der Waals surface area contributed by atoms with Gasteiger partial charge in [-0.05, 0) is 31.5 Å². The summed E-state index contributed by atoms with van der Waals surface area (Å²) in [5.74, 6) is 1.36. The minimum atomic E-state index is 0.0670. The van der Waals surface area contributed by atoms with E-state index >= 15 is 0 Å². The number of hydrogen-bond donors (Lipinski definition) is 1. The molecule has 0 unspecified atom stereocenters. The van der Waals surface area contributed by atoms with E-state index in [-0.39, 0.29) is 5.88 Å². The van der Waals surface area contributed by atoms with Gasteiger partial charge in [-0.3, -0.25) is 0 Å². The highest BCUT2D eigenvalue weighted by molar-refractivity contribution is 5.81. The van der Waals surface area contributed by atoms with Gasteiger partial charge < -0.3 is 14.6 Å². The Bertz CT molecular complexity index is 855. The van der Waals surface area contributed by atoms with Gasteiger partial charge >= 0.3 is 0 Å². The zero-order valence-corrected chi connectivity index (χ0v) is 12.9. The predicted octanol–water partition coefficient (Wildman–Crippen LogP) is 2.74. The second-order valence-electron chi connectivity index (χ2n) is 5.02. The molecule has 1 N–H and O–H groups in total. The smallest absolute Gasteiger partial charge is 0.215 e. The number of methoxy groups -OCH3 is 2. The fraction of sp³-hybridized carbons (Fsp3) is 0.250. The van der Waals surface area contributed by atoms with Crippen LogP contribution in [0.25, 0.3) is 16.8 Å². The summed E-state index contributed by atoms with van der Waals surface area (Å²) in [6.45, 7) is 3.72. The van der Waals surface area contributed by atoms with Crippen LogP contribution in [-0.4, -0.2) is 33.9 Å². The number of aryl methyl sites for hydroxylation is 2. The van der Waals surface area contributed by atoms with Gasteiger partial charge in [-0.1, -0.05) is 6.07 Å². The van der Waals surface area contributed by atoms with Crippen molar-refractivity contribution in [2.45, 2.75) is 13.8 Å². The van der Waals surface area contributed by atoms with Crippen molar-refractivity contribution < 1.29 is 14.6 Å². The molecule has 2 aromatic heterocycles. The van der Waals surface area contributed by atoms with Crippen LogP contribution in [0.3, 0.4) is 0 Å². The molecule has 3 aromatic rings. The maximum atomic E-state index is 10.0. The van der Waals surface area contributed by atoms with Crippen molar-refractivity contribution in [1.29, 1.82) is 0 Å². The molecule has 114 valence electrons. The Labute approximate surface area is 127 Å². The lowest BCUT2D eigenvalue weighted by Crippen LogP contribution is -1.94. The zero-order chi connectivity index (χ0) is 15.9. The lowest BCUT2D eigenvalue weighted by atomic mass is 10.1. The molecule has 0 spiro atoms. The van der Waals surface area contributed by atoms with Crippen LogP contribution >= 0.6 is 0 Å². The number of hydrogen-bond acceptors (Lipinski definition) is 5. The largest absolute Gasteiger partial charge is 0.493 e. The molecule has 2 heterocycles. The van der Waals surface area contributed by atoms with E-state index in [4.69, 9.17) is 9.47 Å². The van der Waals surface area contributed by atoms with Crippen molar-refractivity contribution in [3.05, 3.63) is 35.7 Å². The van der Waals surface area contributed by atoms with E-state index in [2.05, 4.69) is 10.1 Å². The first-order chi connectivity index (χ1) is 10.5. The highest BCUT2D eigenvalue weighted by Gasteiger charge is 2.17. The molecule has 0 saturated heterocycles. The Balaban J connectivity index is 2.28. The Kier molecular flexibility index (Phi) is 3.36. The average Bonchev–Trinajstić information content (AvgIpc) is 2.83. The quantitative estimate of drug-likeness (QED) is 0.805. The van der Waals surface area contributed by atoms with Crippen LogP contribution in [-0.2, 0) is 0 Å². The third-order valence-electron chi connectivity index (χ3n) is 3.55.